The number of aromatic nitrogens is 2. The van der Waals surface area contributed by atoms with Crippen molar-refractivity contribution in [2.75, 3.05) is 6.61 Å². The van der Waals surface area contributed by atoms with Crippen LogP contribution in [0.4, 0.5) is 0 Å². The Morgan fingerprint density at radius 2 is 2.43 bits per heavy atom. The van der Waals surface area contributed by atoms with E-state index in [1.54, 1.807) is 11.3 Å². The predicted octanol–water partition coefficient (Wildman–Crippen LogP) is 1.98. The Hall–Kier alpha value is -1.13. The monoisotopic (exact) mass is 208 g/mol. The number of aliphatic hydroxyl groups excluding tert-OH is 1. The first kappa shape index (κ1) is 9.43. The molecule has 0 spiro atoms. The van der Waals surface area contributed by atoms with E-state index in [0.29, 0.717) is 6.42 Å². The van der Waals surface area contributed by atoms with Crippen molar-refractivity contribution < 1.29 is 5.11 Å². The Bertz CT molecular complexity index is 406. The molecule has 0 aliphatic heterocycles. The zero-order valence-corrected chi connectivity index (χ0v) is 8.77. The van der Waals surface area contributed by atoms with Crippen LogP contribution in [0.1, 0.15) is 11.5 Å². The maximum Gasteiger partial charge on any atom is 0.109 e. The molecule has 14 heavy (non-hydrogen) atoms. The number of hydrogen-bond donors (Lipinski definition) is 2. The fourth-order valence-electron chi connectivity index (χ4n) is 1.40. The zero-order chi connectivity index (χ0) is 9.97. The summed E-state index contributed by atoms with van der Waals surface area (Å²) in [6, 6.07) is 4.07. The third-order valence-corrected chi connectivity index (χ3v) is 2.91. The molecule has 0 aliphatic rings. The zero-order valence-electron chi connectivity index (χ0n) is 7.95. The number of aryl methyl sites for hydroxylation is 1. The van der Waals surface area contributed by atoms with E-state index in [4.69, 9.17) is 5.11 Å². The lowest BCUT2D eigenvalue weighted by molar-refractivity contribution is 0.297. The van der Waals surface area contributed by atoms with E-state index >= 15 is 0 Å². The summed E-state index contributed by atoms with van der Waals surface area (Å²) in [5.41, 5.74) is 2.07. The van der Waals surface area contributed by atoms with Crippen LogP contribution in [0.25, 0.3) is 10.6 Å². The number of thiophene rings is 1. The van der Waals surface area contributed by atoms with Gasteiger partial charge in [0.05, 0.1) is 11.5 Å². The number of rotatable bonds is 3. The van der Waals surface area contributed by atoms with Crippen LogP contribution in [0, 0.1) is 6.92 Å². The molecule has 0 atom stereocenters. The van der Waals surface area contributed by atoms with Gasteiger partial charge in [-0.1, -0.05) is 6.07 Å². The summed E-state index contributed by atoms with van der Waals surface area (Å²) in [6.45, 7) is 2.14. The van der Waals surface area contributed by atoms with Crippen molar-refractivity contribution in [3.05, 3.63) is 29.0 Å². The number of imidazole rings is 1. The second kappa shape index (κ2) is 3.94. The van der Waals surface area contributed by atoms with Gasteiger partial charge in [0.15, 0.2) is 0 Å². The van der Waals surface area contributed by atoms with Gasteiger partial charge in [0.2, 0.25) is 0 Å². The topological polar surface area (TPSA) is 48.9 Å². The molecule has 0 fully saturated rings. The van der Waals surface area contributed by atoms with Gasteiger partial charge in [0, 0.05) is 12.1 Å². The van der Waals surface area contributed by atoms with Crippen LogP contribution in [0.3, 0.4) is 0 Å². The third-order valence-electron chi connectivity index (χ3n) is 2.04. The van der Waals surface area contributed by atoms with E-state index in [-0.39, 0.29) is 6.61 Å². The Labute approximate surface area is 86.4 Å². The summed E-state index contributed by atoms with van der Waals surface area (Å²) in [4.78, 5) is 8.78. The smallest absolute Gasteiger partial charge is 0.109 e. The molecule has 2 N–H and O–H groups in total. The molecule has 0 amide bonds. The fourth-order valence-corrected chi connectivity index (χ4v) is 2.17. The Balaban J connectivity index is 2.35. The minimum Gasteiger partial charge on any atom is -0.396 e. The number of nitrogens with one attached hydrogen (secondary N) is 1. The number of aliphatic hydroxyl groups is 1. The van der Waals surface area contributed by atoms with Gasteiger partial charge in [-0.15, -0.1) is 11.3 Å². The summed E-state index contributed by atoms with van der Waals surface area (Å²) in [5, 5.41) is 10.8. The van der Waals surface area contributed by atoms with E-state index in [9.17, 15) is 0 Å². The standard InChI is InChI=1S/C10H12N2OS/c1-7-10(8-3-2-6-14-8)12-9(11-7)4-5-13/h2-3,6,13H,4-5H2,1H3,(H,11,12). The Morgan fingerprint density at radius 1 is 1.57 bits per heavy atom. The average molecular weight is 208 g/mol. The molecule has 2 heterocycles. The van der Waals surface area contributed by atoms with Gasteiger partial charge in [-0.05, 0) is 18.4 Å². The van der Waals surface area contributed by atoms with Gasteiger partial charge in [0.25, 0.3) is 0 Å². The number of aromatic amines is 1. The van der Waals surface area contributed by atoms with Crippen molar-refractivity contribution in [1.82, 2.24) is 9.97 Å². The Morgan fingerprint density at radius 3 is 3.07 bits per heavy atom. The molecule has 0 bridgehead atoms. The molecule has 2 rings (SSSR count). The number of nitrogens with zero attached hydrogens (tertiary/aromatic N) is 1. The van der Waals surface area contributed by atoms with E-state index in [0.717, 1.165) is 17.2 Å². The van der Waals surface area contributed by atoms with E-state index in [2.05, 4.69) is 16.0 Å². The molecule has 0 unspecified atom stereocenters. The molecule has 2 aromatic rings. The van der Waals surface area contributed by atoms with Crippen molar-refractivity contribution in [1.29, 1.82) is 0 Å². The van der Waals surface area contributed by atoms with Gasteiger partial charge < -0.3 is 10.1 Å². The maximum atomic E-state index is 8.79. The molecule has 3 nitrogen and oxygen atoms in total. The minimum absolute atomic E-state index is 0.136. The Kier molecular flexibility index (Phi) is 2.65. The normalized spacial score (nSPS) is 10.7. The lowest BCUT2D eigenvalue weighted by atomic mass is 10.3. The van der Waals surface area contributed by atoms with Crippen molar-refractivity contribution in [2.45, 2.75) is 13.3 Å². The summed E-state index contributed by atoms with van der Waals surface area (Å²) in [7, 11) is 0. The van der Waals surface area contributed by atoms with Crippen LogP contribution in [-0.4, -0.2) is 21.7 Å². The predicted molar refractivity (Wildman–Crippen MR) is 57.4 cm³/mol. The first-order chi connectivity index (χ1) is 6.81. The largest absolute Gasteiger partial charge is 0.396 e. The highest BCUT2D eigenvalue weighted by molar-refractivity contribution is 7.13. The number of hydrogen-bond acceptors (Lipinski definition) is 3. The molecule has 0 radical (unpaired) electrons. The average Bonchev–Trinajstić information content (AvgIpc) is 2.74. The summed E-state index contributed by atoms with van der Waals surface area (Å²) >= 11 is 1.68. The minimum atomic E-state index is 0.136. The molecule has 0 aliphatic carbocycles. The quantitative estimate of drug-likeness (QED) is 0.810. The second-order valence-electron chi connectivity index (χ2n) is 3.11. The number of H-pyrrole nitrogens is 1. The van der Waals surface area contributed by atoms with Crippen LogP contribution in [0.15, 0.2) is 17.5 Å². The fraction of sp³-hybridized carbons (Fsp3) is 0.300. The summed E-state index contributed by atoms with van der Waals surface area (Å²) in [5.74, 6) is 0.855. The highest BCUT2D eigenvalue weighted by atomic mass is 32.1. The first-order valence-electron chi connectivity index (χ1n) is 4.51. The second-order valence-corrected chi connectivity index (χ2v) is 4.06. The lowest BCUT2D eigenvalue weighted by Gasteiger charge is -1.90. The third kappa shape index (κ3) is 1.71. The van der Waals surface area contributed by atoms with Crippen LogP contribution in [0.2, 0.25) is 0 Å². The van der Waals surface area contributed by atoms with E-state index < -0.39 is 0 Å². The van der Waals surface area contributed by atoms with E-state index in [1.807, 2.05) is 18.4 Å². The van der Waals surface area contributed by atoms with Crippen LogP contribution in [-0.2, 0) is 6.42 Å². The molecule has 0 aromatic carbocycles. The summed E-state index contributed by atoms with van der Waals surface area (Å²) in [6.07, 6.45) is 0.589. The van der Waals surface area contributed by atoms with Crippen LogP contribution in [0.5, 0.6) is 0 Å². The van der Waals surface area contributed by atoms with Crippen LogP contribution >= 0.6 is 11.3 Å². The van der Waals surface area contributed by atoms with Crippen molar-refractivity contribution in [2.24, 2.45) is 0 Å². The molecule has 0 saturated heterocycles. The van der Waals surface area contributed by atoms with Crippen molar-refractivity contribution >= 4 is 11.3 Å². The first-order valence-corrected chi connectivity index (χ1v) is 5.39. The van der Waals surface area contributed by atoms with Gasteiger partial charge in [0.1, 0.15) is 11.5 Å². The van der Waals surface area contributed by atoms with Gasteiger partial charge in [-0.2, -0.15) is 0 Å². The molecular formula is C10H12N2OS. The van der Waals surface area contributed by atoms with Crippen molar-refractivity contribution in [3.63, 3.8) is 0 Å². The molecule has 0 saturated carbocycles. The van der Waals surface area contributed by atoms with Gasteiger partial charge >= 0.3 is 0 Å². The molecule has 4 heteroatoms. The van der Waals surface area contributed by atoms with Gasteiger partial charge in [-0.3, -0.25) is 0 Å². The lowest BCUT2D eigenvalue weighted by Crippen LogP contribution is -1.92. The maximum absolute atomic E-state index is 8.79. The highest BCUT2D eigenvalue weighted by Crippen LogP contribution is 2.25. The van der Waals surface area contributed by atoms with E-state index in [1.165, 1.54) is 4.88 Å². The highest BCUT2D eigenvalue weighted by Gasteiger charge is 2.08. The summed E-state index contributed by atoms with van der Waals surface area (Å²) < 4.78 is 0. The SMILES string of the molecule is Cc1[nH]c(CCO)nc1-c1cccs1. The van der Waals surface area contributed by atoms with Crippen molar-refractivity contribution in [3.8, 4) is 10.6 Å². The molecular weight excluding hydrogens is 196 g/mol. The molecule has 2 aromatic heterocycles. The van der Waals surface area contributed by atoms with Crippen LogP contribution < -0.4 is 0 Å². The van der Waals surface area contributed by atoms with Gasteiger partial charge in [-0.25, -0.2) is 4.98 Å². The molecule has 74 valence electrons.